The summed E-state index contributed by atoms with van der Waals surface area (Å²) in [6.45, 7) is 10.4. The minimum Gasteiger partial charge on any atom is -0.440 e. The van der Waals surface area contributed by atoms with E-state index in [1.54, 1.807) is 7.05 Å². The SMILES string of the molecule is CCCCCCCOC[C@@]12O[C@@H](CN3CCOCC3)[C@@H](OC(=O)NC)[C@@H]1OC(C)(C)O2. The van der Waals surface area contributed by atoms with Crippen LogP contribution in [0.1, 0.15) is 52.9 Å². The number of hydrogen-bond donors (Lipinski definition) is 1. The first-order valence-electron chi connectivity index (χ1n) is 11.7. The molecule has 0 bridgehead atoms. The first-order valence-corrected chi connectivity index (χ1v) is 11.7. The fourth-order valence-corrected chi connectivity index (χ4v) is 4.49. The lowest BCUT2D eigenvalue weighted by Crippen LogP contribution is -2.48. The number of ether oxygens (including phenoxy) is 6. The number of fused-ring (bicyclic) bond motifs is 1. The van der Waals surface area contributed by atoms with Gasteiger partial charge in [0.15, 0.2) is 18.0 Å². The lowest BCUT2D eigenvalue weighted by atomic mass is 10.0. The van der Waals surface area contributed by atoms with Gasteiger partial charge in [0.2, 0.25) is 5.79 Å². The van der Waals surface area contributed by atoms with Crippen LogP contribution in [-0.4, -0.2) is 94.0 Å². The number of rotatable bonds is 11. The van der Waals surface area contributed by atoms with Crippen molar-refractivity contribution in [2.45, 2.75) is 82.8 Å². The molecule has 3 aliphatic rings. The summed E-state index contributed by atoms with van der Waals surface area (Å²) in [5.41, 5.74) is 0. The molecule has 9 nitrogen and oxygen atoms in total. The Labute approximate surface area is 186 Å². The van der Waals surface area contributed by atoms with Gasteiger partial charge in [-0.3, -0.25) is 4.90 Å². The molecule has 0 spiro atoms. The van der Waals surface area contributed by atoms with Crippen LogP contribution < -0.4 is 5.32 Å². The van der Waals surface area contributed by atoms with Crippen molar-refractivity contribution in [1.82, 2.24) is 10.2 Å². The summed E-state index contributed by atoms with van der Waals surface area (Å²) in [6, 6.07) is 0. The second-order valence-electron chi connectivity index (χ2n) is 9.01. The van der Waals surface area contributed by atoms with E-state index < -0.39 is 29.9 Å². The molecule has 3 rings (SSSR count). The molecule has 3 aliphatic heterocycles. The summed E-state index contributed by atoms with van der Waals surface area (Å²) < 4.78 is 36.1. The summed E-state index contributed by atoms with van der Waals surface area (Å²) in [4.78, 5) is 14.3. The summed E-state index contributed by atoms with van der Waals surface area (Å²) in [6.07, 6.45) is 3.78. The standard InChI is InChI=1S/C22H40N2O7/c1-5-6-7-8-9-12-27-16-22-19(30-21(2,3)31-22)18(28-20(25)23-4)17(29-22)15-24-10-13-26-14-11-24/h17-19H,5-16H2,1-4H3,(H,23,25)/t17-,18+,19-,22-/m0/s1. The molecule has 4 atom stereocenters. The number of alkyl carbamates (subject to hydrolysis) is 1. The van der Waals surface area contributed by atoms with Gasteiger partial charge < -0.3 is 33.7 Å². The highest BCUT2D eigenvalue weighted by molar-refractivity contribution is 5.67. The molecule has 9 heteroatoms. The largest absolute Gasteiger partial charge is 0.440 e. The Hall–Kier alpha value is -0.970. The number of morpholine rings is 1. The smallest absolute Gasteiger partial charge is 0.407 e. The van der Waals surface area contributed by atoms with Crippen LogP contribution >= 0.6 is 0 Å². The Kier molecular flexibility index (Phi) is 8.95. The van der Waals surface area contributed by atoms with Crippen LogP contribution in [0.25, 0.3) is 0 Å². The molecule has 3 heterocycles. The van der Waals surface area contributed by atoms with Crippen LogP contribution in [0.4, 0.5) is 4.79 Å². The molecule has 3 saturated heterocycles. The van der Waals surface area contributed by atoms with E-state index in [4.69, 9.17) is 28.4 Å². The van der Waals surface area contributed by atoms with Crippen molar-refractivity contribution in [3.05, 3.63) is 0 Å². The summed E-state index contributed by atoms with van der Waals surface area (Å²) in [5, 5.41) is 2.53. The summed E-state index contributed by atoms with van der Waals surface area (Å²) >= 11 is 0. The van der Waals surface area contributed by atoms with E-state index in [2.05, 4.69) is 17.1 Å². The van der Waals surface area contributed by atoms with E-state index >= 15 is 0 Å². The molecule has 3 fully saturated rings. The van der Waals surface area contributed by atoms with Crippen LogP contribution in [0.3, 0.4) is 0 Å². The van der Waals surface area contributed by atoms with Gasteiger partial charge in [0.1, 0.15) is 12.7 Å². The number of carbonyl (C=O) groups excluding carboxylic acids is 1. The lowest BCUT2D eigenvalue weighted by molar-refractivity contribution is -0.279. The average Bonchev–Trinajstić information content (AvgIpc) is 3.15. The monoisotopic (exact) mass is 444 g/mol. The van der Waals surface area contributed by atoms with Crippen LogP contribution in [0, 0.1) is 0 Å². The topological polar surface area (TPSA) is 87.7 Å². The van der Waals surface area contributed by atoms with Gasteiger partial charge in [-0.15, -0.1) is 0 Å². The molecular weight excluding hydrogens is 404 g/mol. The van der Waals surface area contributed by atoms with Gasteiger partial charge in [0.05, 0.1) is 13.2 Å². The molecule has 180 valence electrons. The summed E-state index contributed by atoms with van der Waals surface area (Å²) in [7, 11) is 1.54. The van der Waals surface area contributed by atoms with E-state index in [-0.39, 0.29) is 12.7 Å². The molecule has 0 radical (unpaired) electrons. The highest BCUT2D eigenvalue weighted by atomic mass is 16.9. The maximum atomic E-state index is 12.1. The third kappa shape index (κ3) is 6.52. The zero-order valence-corrected chi connectivity index (χ0v) is 19.5. The number of unbranched alkanes of at least 4 members (excludes halogenated alkanes) is 4. The van der Waals surface area contributed by atoms with Gasteiger partial charge >= 0.3 is 6.09 Å². The fourth-order valence-electron chi connectivity index (χ4n) is 4.49. The van der Waals surface area contributed by atoms with Gasteiger partial charge in [-0.2, -0.15) is 0 Å². The normalized spacial score (nSPS) is 32.7. The molecule has 0 aliphatic carbocycles. The number of carbonyl (C=O) groups is 1. The maximum absolute atomic E-state index is 12.1. The van der Waals surface area contributed by atoms with E-state index in [0.29, 0.717) is 26.4 Å². The Balaban J connectivity index is 1.66. The zero-order valence-electron chi connectivity index (χ0n) is 19.5. The number of nitrogens with zero attached hydrogens (tertiary/aromatic N) is 1. The number of hydrogen-bond acceptors (Lipinski definition) is 8. The Bertz CT molecular complexity index is 570. The second-order valence-corrected chi connectivity index (χ2v) is 9.01. The van der Waals surface area contributed by atoms with Crippen LogP contribution in [0.15, 0.2) is 0 Å². The molecule has 1 amide bonds. The average molecular weight is 445 g/mol. The fraction of sp³-hybridized carbons (Fsp3) is 0.955. The number of nitrogens with one attached hydrogen (secondary N) is 1. The summed E-state index contributed by atoms with van der Waals surface area (Å²) in [5.74, 6) is -1.95. The second kappa shape index (κ2) is 11.2. The van der Waals surface area contributed by atoms with Crippen molar-refractivity contribution in [1.29, 1.82) is 0 Å². The first-order chi connectivity index (χ1) is 14.9. The van der Waals surface area contributed by atoms with E-state index in [0.717, 1.165) is 25.9 Å². The van der Waals surface area contributed by atoms with Crippen molar-refractivity contribution in [3.8, 4) is 0 Å². The van der Waals surface area contributed by atoms with Gasteiger partial charge in [-0.25, -0.2) is 4.79 Å². The molecule has 0 aromatic carbocycles. The highest BCUT2D eigenvalue weighted by Crippen LogP contribution is 2.47. The van der Waals surface area contributed by atoms with Gasteiger partial charge in [0, 0.05) is 33.3 Å². The first kappa shape index (κ1) is 24.7. The van der Waals surface area contributed by atoms with Crippen molar-refractivity contribution in [2.75, 3.05) is 53.1 Å². The van der Waals surface area contributed by atoms with E-state index in [1.807, 2.05) is 13.8 Å². The Morgan fingerprint density at radius 2 is 1.87 bits per heavy atom. The molecule has 0 saturated carbocycles. The van der Waals surface area contributed by atoms with Crippen molar-refractivity contribution in [3.63, 3.8) is 0 Å². The van der Waals surface area contributed by atoms with Crippen molar-refractivity contribution >= 4 is 6.09 Å². The highest BCUT2D eigenvalue weighted by Gasteiger charge is 2.66. The van der Waals surface area contributed by atoms with Gasteiger partial charge in [-0.05, 0) is 20.3 Å². The third-order valence-corrected chi connectivity index (χ3v) is 5.96. The Morgan fingerprint density at radius 1 is 1.13 bits per heavy atom. The maximum Gasteiger partial charge on any atom is 0.407 e. The lowest BCUT2D eigenvalue weighted by Gasteiger charge is -2.32. The molecule has 0 aromatic rings. The van der Waals surface area contributed by atoms with Crippen LogP contribution in [0.5, 0.6) is 0 Å². The molecule has 0 aromatic heterocycles. The predicted octanol–water partition coefficient (Wildman–Crippen LogP) is 2.28. The van der Waals surface area contributed by atoms with Crippen molar-refractivity contribution < 1.29 is 33.2 Å². The minimum absolute atomic E-state index is 0.238. The molecule has 1 N–H and O–H groups in total. The number of amides is 1. The molecule has 0 unspecified atom stereocenters. The van der Waals surface area contributed by atoms with E-state index in [1.165, 1.54) is 19.3 Å². The quantitative estimate of drug-likeness (QED) is 0.486. The molecular formula is C22H40N2O7. The van der Waals surface area contributed by atoms with Crippen LogP contribution in [-0.2, 0) is 28.4 Å². The van der Waals surface area contributed by atoms with Crippen LogP contribution in [0.2, 0.25) is 0 Å². The van der Waals surface area contributed by atoms with Crippen molar-refractivity contribution in [2.24, 2.45) is 0 Å². The Morgan fingerprint density at radius 3 is 2.58 bits per heavy atom. The predicted molar refractivity (Wildman–Crippen MR) is 114 cm³/mol. The zero-order chi connectivity index (χ0) is 22.3. The minimum atomic E-state index is -1.09. The molecule has 31 heavy (non-hydrogen) atoms. The third-order valence-electron chi connectivity index (χ3n) is 5.96. The van der Waals surface area contributed by atoms with E-state index in [9.17, 15) is 4.79 Å². The van der Waals surface area contributed by atoms with Gasteiger partial charge in [-0.1, -0.05) is 32.6 Å². The van der Waals surface area contributed by atoms with Gasteiger partial charge in [0.25, 0.3) is 0 Å².